The summed E-state index contributed by atoms with van der Waals surface area (Å²) in [6.07, 6.45) is 1.96. The van der Waals surface area contributed by atoms with Crippen LogP contribution in [-0.2, 0) is 6.42 Å². The molecule has 3 heterocycles. The number of rotatable bonds is 3. The smallest absolute Gasteiger partial charge is 0.317 e. The topological polar surface area (TPSA) is 139 Å². The maximum atomic E-state index is 12.3. The zero-order valence-electron chi connectivity index (χ0n) is 12.9. The number of pyridine rings is 1. The van der Waals surface area contributed by atoms with Crippen molar-refractivity contribution in [1.29, 1.82) is 0 Å². The Morgan fingerprint density at radius 3 is 3.00 bits per heavy atom. The normalized spacial score (nSPS) is 11.9. The Kier molecular flexibility index (Phi) is 4.23. The van der Waals surface area contributed by atoms with Crippen molar-refractivity contribution in [2.45, 2.75) is 20.3 Å². The van der Waals surface area contributed by atoms with Gasteiger partial charge in [0.15, 0.2) is 10.7 Å². The van der Waals surface area contributed by atoms with Gasteiger partial charge in [-0.25, -0.2) is 15.8 Å². The molecule has 0 unspecified atom stereocenters. The van der Waals surface area contributed by atoms with Gasteiger partial charge in [-0.05, 0) is 12.5 Å². The number of aromatic nitrogens is 3. The first-order valence-electron chi connectivity index (χ1n) is 7.07. The Morgan fingerprint density at radius 2 is 2.29 bits per heavy atom. The average molecular weight is 346 g/mol. The highest BCUT2D eigenvalue weighted by Gasteiger charge is 2.17. The minimum absolute atomic E-state index is 0.136. The fourth-order valence-corrected chi connectivity index (χ4v) is 3.00. The molecule has 0 aliphatic carbocycles. The van der Waals surface area contributed by atoms with Crippen LogP contribution in [0.3, 0.4) is 0 Å². The number of nitrogen functional groups attached to an aromatic ring is 1. The van der Waals surface area contributed by atoms with Gasteiger partial charge in [-0.1, -0.05) is 18.3 Å². The number of hydrogen-bond donors (Lipinski definition) is 3. The highest BCUT2D eigenvalue weighted by atomic mass is 32.1. The number of amides is 2. The van der Waals surface area contributed by atoms with Crippen molar-refractivity contribution in [2.75, 3.05) is 0 Å². The molecule has 0 radical (unpaired) electrons. The SMILES string of the molecule is CCc1nc(C)oc1C(=O)/N=c1\[nH]c2ncc(C(=O)NN)cc2s1. The lowest BCUT2D eigenvalue weighted by Crippen LogP contribution is -2.29. The Bertz CT molecular complexity index is 1000. The standard InChI is InChI=1S/C14H14N6O3S/c1-3-8-10(23-6(2)17-8)13(22)19-14-18-11-9(24-14)4-7(5-16-11)12(21)20-15/h4-5H,3,15H2,1-2H3,(H,20,21)(H,16,18,19,22). The molecule has 0 saturated heterocycles. The molecule has 124 valence electrons. The van der Waals surface area contributed by atoms with Crippen LogP contribution in [0, 0.1) is 6.92 Å². The summed E-state index contributed by atoms with van der Waals surface area (Å²) in [5, 5.41) is 0. The molecule has 0 aromatic carbocycles. The van der Waals surface area contributed by atoms with Crippen molar-refractivity contribution in [3.8, 4) is 0 Å². The largest absolute Gasteiger partial charge is 0.435 e. The molecule has 24 heavy (non-hydrogen) atoms. The number of H-pyrrole nitrogens is 1. The predicted molar refractivity (Wildman–Crippen MR) is 86.1 cm³/mol. The van der Waals surface area contributed by atoms with Crippen molar-refractivity contribution in [1.82, 2.24) is 20.4 Å². The van der Waals surface area contributed by atoms with Crippen molar-refractivity contribution in [2.24, 2.45) is 10.8 Å². The van der Waals surface area contributed by atoms with Gasteiger partial charge < -0.3 is 9.40 Å². The number of hydrogen-bond acceptors (Lipinski definition) is 7. The number of carbonyl (C=O) groups is 2. The van der Waals surface area contributed by atoms with Gasteiger partial charge in [-0.3, -0.25) is 15.0 Å². The van der Waals surface area contributed by atoms with Gasteiger partial charge in [0, 0.05) is 13.1 Å². The highest BCUT2D eigenvalue weighted by molar-refractivity contribution is 7.16. The van der Waals surface area contributed by atoms with Crippen LogP contribution < -0.4 is 16.1 Å². The maximum absolute atomic E-state index is 12.3. The lowest BCUT2D eigenvalue weighted by molar-refractivity contribution is 0.0950. The number of nitrogens with two attached hydrogens (primary N) is 1. The summed E-state index contributed by atoms with van der Waals surface area (Å²) in [5.74, 6) is 4.69. The van der Waals surface area contributed by atoms with E-state index in [2.05, 4.69) is 19.9 Å². The number of fused-ring (bicyclic) bond motifs is 1. The van der Waals surface area contributed by atoms with E-state index < -0.39 is 11.8 Å². The van der Waals surface area contributed by atoms with E-state index in [1.165, 1.54) is 17.5 Å². The number of nitrogens with zero attached hydrogens (tertiary/aromatic N) is 3. The van der Waals surface area contributed by atoms with Gasteiger partial charge in [0.2, 0.25) is 5.76 Å². The molecule has 0 fully saturated rings. The lowest BCUT2D eigenvalue weighted by Gasteiger charge is -1.97. The molecule has 3 aromatic rings. The van der Waals surface area contributed by atoms with Crippen LogP contribution in [0.2, 0.25) is 0 Å². The van der Waals surface area contributed by atoms with E-state index in [0.717, 1.165) is 0 Å². The summed E-state index contributed by atoms with van der Waals surface area (Å²) >= 11 is 1.19. The van der Waals surface area contributed by atoms with Crippen molar-refractivity contribution in [3.05, 3.63) is 40.0 Å². The second kappa shape index (κ2) is 6.34. The molecule has 0 bridgehead atoms. The van der Waals surface area contributed by atoms with E-state index in [0.29, 0.717) is 38.7 Å². The summed E-state index contributed by atoms with van der Waals surface area (Å²) in [5.41, 5.74) is 3.45. The second-order valence-corrected chi connectivity index (χ2v) is 5.89. The highest BCUT2D eigenvalue weighted by Crippen LogP contribution is 2.15. The quantitative estimate of drug-likeness (QED) is 0.364. The number of carbonyl (C=O) groups excluding carboxylic acids is 2. The van der Waals surface area contributed by atoms with Crippen LogP contribution in [0.15, 0.2) is 21.7 Å². The number of oxazole rings is 1. The van der Waals surface area contributed by atoms with Gasteiger partial charge in [0.05, 0.1) is 16.0 Å². The maximum Gasteiger partial charge on any atom is 0.317 e. The fourth-order valence-electron chi connectivity index (χ4n) is 2.13. The van der Waals surface area contributed by atoms with Gasteiger partial charge in [0.1, 0.15) is 5.65 Å². The summed E-state index contributed by atoms with van der Waals surface area (Å²) in [6, 6.07) is 1.62. The van der Waals surface area contributed by atoms with E-state index >= 15 is 0 Å². The van der Waals surface area contributed by atoms with Crippen molar-refractivity contribution >= 4 is 33.5 Å². The van der Waals surface area contributed by atoms with Crippen LogP contribution in [0.4, 0.5) is 0 Å². The van der Waals surface area contributed by atoms with E-state index in [9.17, 15) is 9.59 Å². The third-order valence-corrected chi connectivity index (χ3v) is 4.13. The number of thiazole rings is 1. The molecule has 4 N–H and O–H groups in total. The van der Waals surface area contributed by atoms with Crippen LogP contribution in [-0.4, -0.2) is 26.8 Å². The van der Waals surface area contributed by atoms with Gasteiger partial charge in [0.25, 0.3) is 5.91 Å². The van der Waals surface area contributed by atoms with Crippen molar-refractivity contribution in [3.63, 3.8) is 0 Å². The van der Waals surface area contributed by atoms with Crippen LogP contribution >= 0.6 is 11.3 Å². The van der Waals surface area contributed by atoms with E-state index in [4.69, 9.17) is 10.3 Å². The molecule has 0 atom stereocenters. The number of aryl methyl sites for hydroxylation is 2. The Morgan fingerprint density at radius 1 is 1.50 bits per heavy atom. The molecule has 0 aliphatic rings. The summed E-state index contributed by atoms with van der Waals surface area (Å²) in [4.78, 5) is 39.4. The second-order valence-electron chi connectivity index (χ2n) is 4.86. The first-order chi connectivity index (χ1) is 11.5. The number of aromatic amines is 1. The van der Waals surface area contributed by atoms with E-state index in [-0.39, 0.29) is 5.76 Å². The van der Waals surface area contributed by atoms with Crippen LogP contribution in [0.1, 0.15) is 39.4 Å². The minimum atomic E-state index is -0.518. The lowest BCUT2D eigenvalue weighted by atomic mass is 10.3. The third kappa shape index (κ3) is 2.96. The molecule has 0 spiro atoms. The Hall–Kier alpha value is -2.85. The molecule has 0 aliphatic heterocycles. The fraction of sp³-hybridized carbons (Fsp3) is 0.214. The first kappa shape index (κ1) is 16.0. The predicted octanol–water partition coefficient (Wildman–Crippen LogP) is 0.828. The van der Waals surface area contributed by atoms with Gasteiger partial charge in [-0.15, -0.1) is 0 Å². The molecule has 9 nitrogen and oxygen atoms in total. The van der Waals surface area contributed by atoms with E-state index in [1.54, 1.807) is 13.0 Å². The monoisotopic (exact) mass is 346 g/mol. The molecule has 2 amide bonds. The Labute approximate surface area is 139 Å². The van der Waals surface area contributed by atoms with Gasteiger partial charge in [-0.2, -0.15) is 4.99 Å². The average Bonchev–Trinajstić information content (AvgIpc) is 3.15. The zero-order valence-corrected chi connectivity index (χ0v) is 13.7. The first-order valence-corrected chi connectivity index (χ1v) is 7.88. The van der Waals surface area contributed by atoms with Crippen LogP contribution in [0.25, 0.3) is 10.3 Å². The minimum Gasteiger partial charge on any atom is -0.435 e. The molecular formula is C14H14N6O3S. The number of nitrogens with one attached hydrogen (secondary N) is 2. The summed E-state index contributed by atoms with van der Waals surface area (Å²) < 4.78 is 6.01. The Balaban J connectivity index is 2.00. The molecule has 0 saturated carbocycles. The summed E-state index contributed by atoms with van der Waals surface area (Å²) in [7, 11) is 0. The zero-order chi connectivity index (χ0) is 17.3. The van der Waals surface area contributed by atoms with Crippen LogP contribution in [0.5, 0.6) is 0 Å². The van der Waals surface area contributed by atoms with Crippen molar-refractivity contribution < 1.29 is 14.0 Å². The number of hydrazine groups is 1. The van der Waals surface area contributed by atoms with E-state index in [1.807, 2.05) is 12.3 Å². The third-order valence-electron chi connectivity index (χ3n) is 3.21. The van der Waals surface area contributed by atoms with Gasteiger partial charge >= 0.3 is 5.91 Å². The molecule has 10 heteroatoms. The summed E-state index contributed by atoms with van der Waals surface area (Å²) in [6.45, 7) is 3.56. The molecule has 3 rings (SSSR count). The molecule has 3 aromatic heterocycles. The molecular weight excluding hydrogens is 332 g/mol.